The number of unbranched alkanes of at least 4 members (excludes halogenated alkanes) is 1. The molecule has 1 heterocycles. The van der Waals surface area contributed by atoms with E-state index < -0.39 is 0 Å². The summed E-state index contributed by atoms with van der Waals surface area (Å²) in [5.74, 6) is 0.308. The number of aryl methyl sites for hydroxylation is 1. The third-order valence-corrected chi connectivity index (χ3v) is 3.14. The molecule has 0 aliphatic carbocycles. The molecule has 3 N–H and O–H groups in total. The molecule has 116 valence electrons. The summed E-state index contributed by atoms with van der Waals surface area (Å²) in [5, 5.41) is 18.7. The van der Waals surface area contributed by atoms with Crippen LogP contribution in [0.3, 0.4) is 0 Å². The molecule has 0 bridgehead atoms. The summed E-state index contributed by atoms with van der Waals surface area (Å²) < 4.78 is 1.76. The zero-order valence-corrected chi connectivity index (χ0v) is 12.8. The van der Waals surface area contributed by atoms with Gasteiger partial charge in [0, 0.05) is 31.0 Å². The quantitative estimate of drug-likeness (QED) is 0.559. The summed E-state index contributed by atoms with van der Waals surface area (Å²) in [6.45, 7) is 0.910. The van der Waals surface area contributed by atoms with Crippen LogP contribution >= 0.6 is 12.2 Å². The predicted octanol–water partition coefficient (Wildman–Crippen LogP) is 1.78. The van der Waals surface area contributed by atoms with E-state index in [0.29, 0.717) is 11.4 Å². The molecule has 0 saturated carbocycles. The summed E-state index contributed by atoms with van der Waals surface area (Å²) in [6.07, 6.45) is 3.42. The van der Waals surface area contributed by atoms with Gasteiger partial charge >= 0.3 is 0 Å². The van der Waals surface area contributed by atoms with Gasteiger partial charge in [0.15, 0.2) is 10.9 Å². The van der Waals surface area contributed by atoms with Gasteiger partial charge in [0.05, 0.1) is 0 Å². The van der Waals surface area contributed by atoms with Crippen LogP contribution in [0, 0.1) is 0 Å². The maximum absolute atomic E-state index is 11.9. The molecule has 0 aliphatic heterocycles. The Hall–Kier alpha value is -2.25. The Morgan fingerprint density at radius 2 is 2.00 bits per heavy atom. The van der Waals surface area contributed by atoms with E-state index in [1.54, 1.807) is 35.0 Å². The molecule has 1 aromatic carbocycles. The first-order chi connectivity index (χ1) is 10.7. The van der Waals surface area contributed by atoms with Crippen molar-refractivity contribution < 1.29 is 9.90 Å². The molecule has 2 rings (SSSR count). The van der Waals surface area contributed by atoms with Crippen molar-refractivity contribution in [1.29, 1.82) is 0 Å². The maximum Gasteiger partial charge on any atom is 0.257 e. The van der Waals surface area contributed by atoms with Crippen molar-refractivity contribution in [3.8, 4) is 0 Å². The number of nitrogens with one attached hydrogen (secondary N) is 2. The SMILES string of the molecule is O=C(NC(=S)Nc1ccn(CCCCO)n1)c1ccccc1. The van der Waals surface area contributed by atoms with E-state index in [4.69, 9.17) is 17.3 Å². The van der Waals surface area contributed by atoms with Gasteiger partial charge in [-0.25, -0.2) is 0 Å². The number of rotatable bonds is 6. The zero-order chi connectivity index (χ0) is 15.8. The number of anilines is 1. The van der Waals surface area contributed by atoms with Gasteiger partial charge in [0.1, 0.15) is 0 Å². The Bertz CT molecular complexity index is 627. The zero-order valence-electron chi connectivity index (χ0n) is 12.0. The molecule has 2 aromatic rings. The Morgan fingerprint density at radius 3 is 2.73 bits per heavy atom. The molecule has 6 nitrogen and oxygen atoms in total. The number of hydrogen-bond donors (Lipinski definition) is 3. The number of nitrogens with zero attached hydrogens (tertiary/aromatic N) is 2. The number of aliphatic hydroxyl groups is 1. The van der Waals surface area contributed by atoms with E-state index in [1.165, 1.54) is 0 Å². The normalized spacial score (nSPS) is 10.2. The minimum atomic E-state index is -0.263. The summed E-state index contributed by atoms with van der Waals surface area (Å²) in [7, 11) is 0. The van der Waals surface area contributed by atoms with Gasteiger partial charge in [0.25, 0.3) is 5.91 Å². The van der Waals surface area contributed by atoms with E-state index in [1.807, 2.05) is 12.3 Å². The number of benzene rings is 1. The molecule has 0 fully saturated rings. The minimum absolute atomic E-state index is 0.183. The summed E-state index contributed by atoms with van der Waals surface area (Å²) in [5.41, 5.74) is 0.543. The van der Waals surface area contributed by atoms with Crippen LogP contribution in [0.5, 0.6) is 0 Å². The van der Waals surface area contributed by atoms with Crippen LogP contribution in [-0.4, -0.2) is 32.5 Å². The van der Waals surface area contributed by atoms with Crippen LogP contribution in [0.2, 0.25) is 0 Å². The third-order valence-electron chi connectivity index (χ3n) is 2.94. The monoisotopic (exact) mass is 318 g/mol. The van der Waals surface area contributed by atoms with Gasteiger partial charge in [-0.05, 0) is 37.2 Å². The van der Waals surface area contributed by atoms with E-state index in [2.05, 4.69) is 15.7 Å². The van der Waals surface area contributed by atoms with E-state index in [-0.39, 0.29) is 17.6 Å². The van der Waals surface area contributed by atoms with Gasteiger partial charge in [-0.1, -0.05) is 18.2 Å². The summed E-state index contributed by atoms with van der Waals surface area (Å²) in [4.78, 5) is 11.9. The van der Waals surface area contributed by atoms with Crippen molar-refractivity contribution >= 4 is 29.1 Å². The summed E-state index contributed by atoms with van der Waals surface area (Å²) in [6, 6.07) is 10.6. The highest BCUT2D eigenvalue weighted by atomic mass is 32.1. The molecule has 0 atom stereocenters. The molecule has 0 aliphatic rings. The first kappa shape index (κ1) is 16.1. The number of carbonyl (C=O) groups excluding carboxylic acids is 1. The van der Waals surface area contributed by atoms with Crippen molar-refractivity contribution in [2.75, 3.05) is 11.9 Å². The second-order valence-corrected chi connectivity index (χ2v) is 5.08. The fraction of sp³-hybridized carbons (Fsp3) is 0.267. The van der Waals surface area contributed by atoms with Crippen LogP contribution < -0.4 is 10.6 Å². The number of carbonyl (C=O) groups is 1. The molecule has 7 heteroatoms. The average Bonchev–Trinajstić information content (AvgIpc) is 2.95. The highest BCUT2D eigenvalue weighted by molar-refractivity contribution is 7.80. The molecule has 1 amide bonds. The molecule has 0 saturated heterocycles. The van der Waals surface area contributed by atoms with Gasteiger partial charge in [-0.3, -0.25) is 14.8 Å². The number of amides is 1. The van der Waals surface area contributed by atoms with E-state index in [0.717, 1.165) is 19.4 Å². The van der Waals surface area contributed by atoms with Crippen molar-refractivity contribution in [2.24, 2.45) is 0 Å². The largest absolute Gasteiger partial charge is 0.396 e. The van der Waals surface area contributed by atoms with E-state index in [9.17, 15) is 4.79 Å². The van der Waals surface area contributed by atoms with E-state index >= 15 is 0 Å². The predicted molar refractivity (Wildman–Crippen MR) is 88.7 cm³/mol. The number of hydrogen-bond acceptors (Lipinski definition) is 4. The van der Waals surface area contributed by atoms with Gasteiger partial charge in [-0.15, -0.1) is 0 Å². The fourth-order valence-corrected chi connectivity index (χ4v) is 2.05. The van der Waals surface area contributed by atoms with Gasteiger partial charge in [-0.2, -0.15) is 5.10 Å². The molecular formula is C15H18N4O2S. The van der Waals surface area contributed by atoms with Crippen molar-refractivity contribution in [3.63, 3.8) is 0 Å². The smallest absolute Gasteiger partial charge is 0.257 e. The molecule has 22 heavy (non-hydrogen) atoms. The lowest BCUT2D eigenvalue weighted by molar-refractivity contribution is 0.0977. The molecule has 0 spiro atoms. The standard InChI is InChI=1S/C15H18N4O2S/c20-11-5-4-9-19-10-8-13(18-19)16-15(22)17-14(21)12-6-2-1-3-7-12/h1-3,6-8,10,20H,4-5,9,11H2,(H2,16,17,18,21,22). The van der Waals surface area contributed by atoms with Crippen molar-refractivity contribution in [2.45, 2.75) is 19.4 Å². The van der Waals surface area contributed by atoms with Crippen LogP contribution in [0.25, 0.3) is 0 Å². The van der Waals surface area contributed by atoms with Gasteiger partial charge in [0.2, 0.25) is 0 Å². The first-order valence-corrected chi connectivity index (χ1v) is 7.41. The van der Waals surface area contributed by atoms with Crippen LogP contribution in [0.1, 0.15) is 23.2 Å². The fourth-order valence-electron chi connectivity index (χ4n) is 1.85. The summed E-state index contributed by atoms with van der Waals surface area (Å²) >= 11 is 5.10. The van der Waals surface area contributed by atoms with Crippen LogP contribution in [0.15, 0.2) is 42.6 Å². The highest BCUT2D eigenvalue weighted by Crippen LogP contribution is 2.04. The lowest BCUT2D eigenvalue weighted by atomic mass is 10.2. The Kier molecular flexibility index (Phi) is 6.05. The van der Waals surface area contributed by atoms with Crippen molar-refractivity contribution in [3.05, 3.63) is 48.2 Å². The Labute approximate surface area is 134 Å². The first-order valence-electron chi connectivity index (χ1n) is 7.01. The second kappa shape index (κ2) is 8.26. The average molecular weight is 318 g/mol. The van der Waals surface area contributed by atoms with Crippen molar-refractivity contribution in [1.82, 2.24) is 15.1 Å². The lowest BCUT2D eigenvalue weighted by Gasteiger charge is -2.07. The van der Waals surface area contributed by atoms with Gasteiger partial charge < -0.3 is 10.4 Å². The van der Waals surface area contributed by atoms with Crippen LogP contribution in [-0.2, 0) is 6.54 Å². The third kappa shape index (κ3) is 4.94. The highest BCUT2D eigenvalue weighted by Gasteiger charge is 2.08. The Balaban J connectivity index is 1.83. The maximum atomic E-state index is 11.9. The number of aromatic nitrogens is 2. The van der Waals surface area contributed by atoms with Crippen LogP contribution in [0.4, 0.5) is 5.82 Å². The second-order valence-electron chi connectivity index (χ2n) is 4.67. The number of aliphatic hydroxyl groups excluding tert-OH is 1. The number of thiocarbonyl (C=S) groups is 1. The molecule has 0 unspecified atom stereocenters. The topological polar surface area (TPSA) is 79.2 Å². The molecular weight excluding hydrogens is 300 g/mol. The molecule has 0 radical (unpaired) electrons. The lowest BCUT2D eigenvalue weighted by Crippen LogP contribution is -2.34. The molecule has 1 aromatic heterocycles. The minimum Gasteiger partial charge on any atom is -0.396 e. The Morgan fingerprint density at radius 1 is 1.23 bits per heavy atom.